The van der Waals surface area contributed by atoms with Gasteiger partial charge in [0.25, 0.3) is 0 Å². The molecule has 3 heteroatoms. The molecule has 0 N–H and O–H groups in total. The molecule has 0 aromatic heterocycles. The number of carbonyl (C=O) groups is 1. The molecule has 0 aliphatic carbocycles. The molecule has 0 spiro atoms. The van der Waals surface area contributed by atoms with Gasteiger partial charge in [0, 0.05) is 17.9 Å². The number of benzene rings is 1. The molecule has 0 saturated carbocycles. The summed E-state index contributed by atoms with van der Waals surface area (Å²) in [5, 5.41) is 0. The smallest absolute Gasteiger partial charge is 0.308 e. The zero-order valence-electron chi connectivity index (χ0n) is 9.16. The predicted octanol–water partition coefficient (Wildman–Crippen LogP) is 2.28. The van der Waals surface area contributed by atoms with Crippen molar-refractivity contribution in [2.75, 3.05) is 6.61 Å². The lowest BCUT2D eigenvalue weighted by Crippen LogP contribution is -2.18. The van der Waals surface area contributed by atoms with Gasteiger partial charge in [-0.15, -0.1) is 0 Å². The second-order valence-electron chi connectivity index (χ2n) is 4.42. The van der Waals surface area contributed by atoms with Crippen LogP contribution in [-0.2, 0) is 10.2 Å². The van der Waals surface area contributed by atoms with Gasteiger partial charge in [0.15, 0.2) is 0 Å². The summed E-state index contributed by atoms with van der Waals surface area (Å²) in [6.45, 7) is 6.29. The topological polar surface area (TPSA) is 35.5 Å². The standard InChI is InChI=1S/C12H14O3/c1-8(13)15-9-4-5-11-10(6-9)12(2,3)7-14-11/h4-6H,7H2,1-3H3. The van der Waals surface area contributed by atoms with E-state index in [4.69, 9.17) is 9.47 Å². The second-order valence-corrected chi connectivity index (χ2v) is 4.42. The van der Waals surface area contributed by atoms with Crippen LogP contribution in [0.5, 0.6) is 11.5 Å². The summed E-state index contributed by atoms with van der Waals surface area (Å²) in [7, 11) is 0. The zero-order valence-corrected chi connectivity index (χ0v) is 9.16. The van der Waals surface area contributed by atoms with Crippen molar-refractivity contribution in [2.24, 2.45) is 0 Å². The molecule has 80 valence electrons. The molecule has 0 saturated heterocycles. The van der Waals surface area contributed by atoms with Crippen molar-refractivity contribution in [2.45, 2.75) is 26.2 Å². The lowest BCUT2D eigenvalue weighted by Gasteiger charge is -2.15. The minimum atomic E-state index is -0.299. The number of hydrogen-bond donors (Lipinski definition) is 0. The van der Waals surface area contributed by atoms with Crippen molar-refractivity contribution in [3.63, 3.8) is 0 Å². The van der Waals surface area contributed by atoms with Gasteiger partial charge < -0.3 is 9.47 Å². The number of fused-ring (bicyclic) bond motifs is 1. The average Bonchev–Trinajstić information content (AvgIpc) is 2.42. The van der Waals surface area contributed by atoms with E-state index in [0.29, 0.717) is 12.4 Å². The first-order valence-electron chi connectivity index (χ1n) is 4.95. The van der Waals surface area contributed by atoms with E-state index in [1.54, 1.807) is 6.07 Å². The Labute approximate surface area is 89.0 Å². The van der Waals surface area contributed by atoms with Crippen LogP contribution in [0.15, 0.2) is 18.2 Å². The van der Waals surface area contributed by atoms with Crippen LogP contribution < -0.4 is 9.47 Å². The molecule has 1 aliphatic rings. The summed E-state index contributed by atoms with van der Waals surface area (Å²) in [6, 6.07) is 5.48. The Hall–Kier alpha value is -1.51. The summed E-state index contributed by atoms with van der Waals surface area (Å²) in [4.78, 5) is 10.8. The number of esters is 1. The van der Waals surface area contributed by atoms with Crippen LogP contribution in [0.2, 0.25) is 0 Å². The molecule has 3 nitrogen and oxygen atoms in total. The van der Waals surface area contributed by atoms with Crippen LogP contribution in [0.1, 0.15) is 26.3 Å². The van der Waals surface area contributed by atoms with E-state index in [1.807, 2.05) is 12.1 Å². The van der Waals surface area contributed by atoms with Crippen LogP contribution in [0.3, 0.4) is 0 Å². The SMILES string of the molecule is CC(=O)Oc1ccc2c(c1)C(C)(C)CO2. The first kappa shape index (κ1) is 10.0. The van der Waals surface area contributed by atoms with Crippen LogP contribution >= 0.6 is 0 Å². The van der Waals surface area contributed by atoms with E-state index >= 15 is 0 Å². The van der Waals surface area contributed by atoms with Crippen molar-refractivity contribution < 1.29 is 14.3 Å². The highest BCUT2D eigenvalue weighted by atomic mass is 16.5. The van der Waals surface area contributed by atoms with E-state index in [2.05, 4.69) is 13.8 Å². The molecule has 1 aromatic rings. The van der Waals surface area contributed by atoms with E-state index < -0.39 is 0 Å². The highest BCUT2D eigenvalue weighted by Crippen LogP contribution is 2.40. The summed E-state index contributed by atoms with van der Waals surface area (Å²) in [5.41, 5.74) is 1.09. The number of ether oxygens (including phenoxy) is 2. The van der Waals surface area contributed by atoms with Gasteiger partial charge in [-0.05, 0) is 18.2 Å². The van der Waals surface area contributed by atoms with Crippen molar-refractivity contribution in [3.05, 3.63) is 23.8 Å². The maximum absolute atomic E-state index is 10.8. The normalized spacial score (nSPS) is 16.7. The average molecular weight is 206 g/mol. The quantitative estimate of drug-likeness (QED) is 0.522. The lowest BCUT2D eigenvalue weighted by molar-refractivity contribution is -0.131. The summed E-state index contributed by atoms with van der Waals surface area (Å²) in [5.74, 6) is 1.17. The fourth-order valence-corrected chi connectivity index (χ4v) is 1.73. The summed E-state index contributed by atoms with van der Waals surface area (Å²) >= 11 is 0. The zero-order chi connectivity index (χ0) is 11.1. The minimum absolute atomic E-state index is 0.00844. The molecule has 0 unspecified atom stereocenters. The maximum Gasteiger partial charge on any atom is 0.308 e. The van der Waals surface area contributed by atoms with Gasteiger partial charge in [0.1, 0.15) is 11.5 Å². The third-order valence-electron chi connectivity index (χ3n) is 2.53. The molecular weight excluding hydrogens is 192 g/mol. The van der Waals surface area contributed by atoms with Gasteiger partial charge in [-0.25, -0.2) is 0 Å². The molecular formula is C12H14O3. The van der Waals surface area contributed by atoms with E-state index in [0.717, 1.165) is 11.3 Å². The van der Waals surface area contributed by atoms with E-state index in [-0.39, 0.29) is 11.4 Å². The molecule has 0 bridgehead atoms. The molecule has 2 rings (SSSR count). The van der Waals surface area contributed by atoms with Crippen molar-refractivity contribution in [3.8, 4) is 11.5 Å². The van der Waals surface area contributed by atoms with Crippen LogP contribution in [-0.4, -0.2) is 12.6 Å². The molecule has 0 amide bonds. The Balaban J connectivity index is 2.37. The largest absolute Gasteiger partial charge is 0.492 e. The molecule has 0 fully saturated rings. The van der Waals surface area contributed by atoms with Crippen molar-refractivity contribution in [1.82, 2.24) is 0 Å². The second kappa shape index (κ2) is 3.26. The maximum atomic E-state index is 10.8. The Kier molecular flexibility index (Phi) is 2.18. The first-order valence-corrected chi connectivity index (χ1v) is 4.95. The summed E-state index contributed by atoms with van der Waals surface area (Å²) in [6.07, 6.45) is 0. The third-order valence-corrected chi connectivity index (χ3v) is 2.53. The monoisotopic (exact) mass is 206 g/mol. The molecule has 0 atom stereocenters. The van der Waals surface area contributed by atoms with Crippen molar-refractivity contribution in [1.29, 1.82) is 0 Å². The molecule has 0 radical (unpaired) electrons. The molecule has 15 heavy (non-hydrogen) atoms. The number of hydrogen-bond acceptors (Lipinski definition) is 3. The van der Waals surface area contributed by atoms with Gasteiger partial charge in [-0.2, -0.15) is 0 Å². The Bertz CT molecular complexity index is 407. The highest BCUT2D eigenvalue weighted by molar-refractivity contribution is 5.69. The van der Waals surface area contributed by atoms with Gasteiger partial charge >= 0.3 is 5.97 Å². The predicted molar refractivity (Wildman–Crippen MR) is 56.3 cm³/mol. The lowest BCUT2D eigenvalue weighted by atomic mass is 9.87. The number of carbonyl (C=O) groups excluding carboxylic acids is 1. The van der Waals surface area contributed by atoms with Gasteiger partial charge in [0.05, 0.1) is 6.61 Å². The molecule has 1 heterocycles. The van der Waals surface area contributed by atoms with E-state index in [9.17, 15) is 4.79 Å². The third kappa shape index (κ3) is 1.82. The molecule has 1 aliphatic heterocycles. The van der Waals surface area contributed by atoms with Gasteiger partial charge in [-0.1, -0.05) is 13.8 Å². The van der Waals surface area contributed by atoms with Crippen LogP contribution in [0.4, 0.5) is 0 Å². The van der Waals surface area contributed by atoms with Crippen molar-refractivity contribution >= 4 is 5.97 Å². The van der Waals surface area contributed by atoms with Crippen LogP contribution in [0, 0.1) is 0 Å². The highest BCUT2D eigenvalue weighted by Gasteiger charge is 2.32. The van der Waals surface area contributed by atoms with Crippen LogP contribution in [0.25, 0.3) is 0 Å². The minimum Gasteiger partial charge on any atom is -0.492 e. The Morgan fingerprint density at radius 2 is 2.20 bits per heavy atom. The fourth-order valence-electron chi connectivity index (χ4n) is 1.73. The Morgan fingerprint density at radius 3 is 2.87 bits per heavy atom. The summed E-state index contributed by atoms with van der Waals surface area (Å²) < 4.78 is 10.6. The fraction of sp³-hybridized carbons (Fsp3) is 0.417. The molecule has 1 aromatic carbocycles. The first-order chi connectivity index (χ1) is 6.99. The van der Waals surface area contributed by atoms with E-state index in [1.165, 1.54) is 6.92 Å². The number of rotatable bonds is 1. The van der Waals surface area contributed by atoms with Gasteiger partial charge in [-0.3, -0.25) is 4.79 Å². The Morgan fingerprint density at radius 1 is 1.47 bits per heavy atom. The van der Waals surface area contributed by atoms with Gasteiger partial charge in [0.2, 0.25) is 0 Å².